The molecule has 0 saturated carbocycles. The Bertz CT molecular complexity index is 398. The summed E-state index contributed by atoms with van der Waals surface area (Å²) in [5, 5.41) is 9.65. The molecule has 17 heavy (non-hydrogen) atoms. The molecule has 0 saturated heterocycles. The summed E-state index contributed by atoms with van der Waals surface area (Å²) in [5.41, 5.74) is 0.339. The van der Waals surface area contributed by atoms with Gasteiger partial charge in [-0.2, -0.15) is 11.8 Å². The van der Waals surface area contributed by atoms with Crippen molar-refractivity contribution in [1.29, 1.82) is 0 Å². The van der Waals surface area contributed by atoms with Gasteiger partial charge in [-0.1, -0.05) is 15.9 Å². The van der Waals surface area contributed by atoms with E-state index in [0.29, 0.717) is 12.1 Å². The van der Waals surface area contributed by atoms with Crippen LogP contribution in [0.25, 0.3) is 0 Å². The van der Waals surface area contributed by atoms with Crippen LogP contribution >= 0.6 is 27.7 Å². The lowest BCUT2D eigenvalue weighted by atomic mass is 10.2. The number of halogens is 1. The van der Waals surface area contributed by atoms with Gasteiger partial charge in [0.05, 0.1) is 5.56 Å². The van der Waals surface area contributed by atoms with Crippen LogP contribution in [-0.4, -0.2) is 41.5 Å². The maximum Gasteiger partial charge on any atom is 0.257 e. The molecule has 3 nitrogen and oxygen atoms in total. The van der Waals surface area contributed by atoms with Crippen molar-refractivity contribution in [3.8, 4) is 5.75 Å². The fourth-order valence-electron chi connectivity index (χ4n) is 1.43. The quantitative estimate of drug-likeness (QED) is 0.849. The first-order valence-corrected chi connectivity index (χ1v) is 7.48. The monoisotopic (exact) mass is 317 g/mol. The van der Waals surface area contributed by atoms with Gasteiger partial charge in [0.2, 0.25) is 0 Å². The Morgan fingerprint density at radius 1 is 1.53 bits per heavy atom. The van der Waals surface area contributed by atoms with Gasteiger partial charge in [-0.25, -0.2) is 0 Å². The van der Waals surface area contributed by atoms with E-state index in [0.717, 1.165) is 16.6 Å². The summed E-state index contributed by atoms with van der Waals surface area (Å²) in [6.07, 6.45) is 3.00. The van der Waals surface area contributed by atoms with Crippen molar-refractivity contribution in [3.63, 3.8) is 0 Å². The van der Waals surface area contributed by atoms with E-state index >= 15 is 0 Å². The molecule has 1 rings (SSSR count). The number of nitrogens with zero attached hydrogens (tertiary/aromatic N) is 1. The van der Waals surface area contributed by atoms with E-state index in [9.17, 15) is 9.90 Å². The Morgan fingerprint density at radius 3 is 2.88 bits per heavy atom. The number of aromatic hydroxyl groups is 1. The molecule has 0 heterocycles. The molecule has 0 radical (unpaired) electrons. The average molecular weight is 318 g/mol. The summed E-state index contributed by atoms with van der Waals surface area (Å²) >= 11 is 5.05. The molecular weight excluding hydrogens is 302 g/mol. The molecule has 0 unspecified atom stereocenters. The van der Waals surface area contributed by atoms with Gasteiger partial charge in [-0.3, -0.25) is 4.79 Å². The summed E-state index contributed by atoms with van der Waals surface area (Å²) in [6, 6.07) is 4.87. The minimum absolute atomic E-state index is 0.0231. The number of phenolic OH excluding ortho intramolecular Hbond substituents is 1. The third-order valence-electron chi connectivity index (χ3n) is 2.38. The van der Waals surface area contributed by atoms with Crippen LogP contribution in [0.3, 0.4) is 0 Å². The fourth-order valence-corrected chi connectivity index (χ4v) is 2.21. The number of carbonyl (C=O) groups is 1. The van der Waals surface area contributed by atoms with Crippen LogP contribution in [0.15, 0.2) is 22.7 Å². The zero-order valence-corrected chi connectivity index (χ0v) is 12.3. The van der Waals surface area contributed by atoms with Crippen molar-refractivity contribution in [2.24, 2.45) is 0 Å². The highest BCUT2D eigenvalue weighted by Gasteiger charge is 2.15. The number of hydrogen-bond donors (Lipinski definition) is 1. The molecule has 0 bridgehead atoms. The van der Waals surface area contributed by atoms with Crippen molar-refractivity contribution >= 4 is 33.6 Å². The summed E-state index contributed by atoms with van der Waals surface area (Å²) in [6.45, 7) is 0.700. The number of amides is 1. The summed E-state index contributed by atoms with van der Waals surface area (Å²) < 4.78 is 0.788. The highest BCUT2D eigenvalue weighted by atomic mass is 79.9. The van der Waals surface area contributed by atoms with E-state index in [-0.39, 0.29) is 11.7 Å². The van der Waals surface area contributed by atoms with E-state index in [4.69, 9.17) is 0 Å². The smallest absolute Gasteiger partial charge is 0.257 e. The predicted molar refractivity (Wildman–Crippen MR) is 75.8 cm³/mol. The van der Waals surface area contributed by atoms with E-state index in [2.05, 4.69) is 15.9 Å². The van der Waals surface area contributed by atoms with Gasteiger partial charge in [0.1, 0.15) is 5.75 Å². The topological polar surface area (TPSA) is 40.5 Å². The molecule has 0 aliphatic rings. The fraction of sp³-hybridized carbons (Fsp3) is 0.417. The Balaban J connectivity index is 2.71. The second-order valence-electron chi connectivity index (χ2n) is 3.73. The third-order valence-corrected chi connectivity index (χ3v) is 3.57. The van der Waals surface area contributed by atoms with Crippen LogP contribution in [-0.2, 0) is 0 Å². The molecule has 0 atom stereocenters. The number of benzene rings is 1. The first kappa shape index (κ1) is 14.4. The van der Waals surface area contributed by atoms with Gasteiger partial charge in [-0.15, -0.1) is 0 Å². The maximum atomic E-state index is 12.1. The lowest BCUT2D eigenvalue weighted by Gasteiger charge is -2.17. The number of phenols is 1. The lowest BCUT2D eigenvalue weighted by Crippen LogP contribution is -2.28. The number of carbonyl (C=O) groups excluding carboxylic acids is 1. The number of rotatable bonds is 5. The molecule has 1 aromatic carbocycles. The normalized spacial score (nSPS) is 10.3. The minimum atomic E-state index is -0.148. The van der Waals surface area contributed by atoms with Crippen LogP contribution in [0.2, 0.25) is 0 Å². The second kappa shape index (κ2) is 6.91. The second-order valence-corrected chi connectivity index (χ2v) is 5.64. The Kier molecular flexibility index (Phi) is 5.85. The Morgan fingerprint density at radius 2 is 2.24 bits per heavy atom. The SMILES string of the molecule is CSCCCN(C)C(=O)c1cc(Br)ccc1O. The number of thioether (sulfide) groups is 1. The van der Waals surface area contributed by atoms with Crippen LogP contribution in [0.4, 0.5) is 0 Å². The maximum absolute atomic E-state index is 12.1. The summed E-state index contributed by atoms with van der Waals surface area (Å²) in [4.78, 5) is 13.7. The van der Waals surface area contributed by atoms with Crippen molar-refractivity contribution in [2.45, 2.75) is 6.42 Å². The highest BCUT2D eigenvalue weighted by molar-refractivity contribution is 9.10. The van der Waals surface area contributed by atoms with E-state index < -0.39 is 0 Å². The van der Waals surface area contributed by atoms with Crippen LogP contribution in [0.1, 0.15) is 16.8 Å². The van der Waals surface area contributed by atoms with Crippen molar-refractivity contribution in [1.82, 2.24) is 4.90 Å². The largest absolute Gasteiger partial charge is 0.507 e. The van der Waals surface area contributed by atoms with E-state index in [1.54, 1.807) is 35.8 Å². The van der Waals surface area contributed by atoms with Crippen molar-refractivity contribution in [2.75, 3.05) is 25.6 Å². The van der Waals surface area contributed by atoms with E-state index in [1.165, 1.54) is 6.07 Å². The van der Waals surface area contributed by atoms with Gasteiger partial charge >= 0.3 is 0 Å². The molecule has 94 valence electrons. The van der Waals surface area contributed by atoms with Crippen LogP contribution < -0.4 is 0 Å². The minimum Gasteiger partial charge on any atom is -0.507 e. The summed E-state index contributed by atoms with van der Waals surface area (Å²) in [7, 11) is 1.75. The molecule has 1 amide bonds. The molecule has 0 aliphatic carbocycles. The zero-order chi connectivity index (χ0) is 12.8. The third kappa shape index (κ3) is 4.24. The van der Waals surface area contributed by atoms with Gasteiger partial charge in [-0.05, 0) is 36.6 Å². The van der Waals surface area contributed by atoms with Gasteiger partial charge < -0.3 is 10.0 Å². The lowest BCUT2D eigenvalue weighted by molar-refractivity contribution is 0.0792. The highest BCUT2D eigenvalue weighted by Crippen LogP contribution is 2.23. The first-order chi connectivity index (χ1) is 8.06. The molecule has 0 fully saturated rings. The van der Waals surface area contributed by atoms with Crippen LogP contribution in [0.5, 0.6) is 5.75 Å². The Labute approximate surface area is 114 Å². The molecule has 1 N–H and O–H groups in total. The molecule has 0 aliphatic heterocycles. The standard InChI is InChI=1S/C12H16BrNO2S/c1-14(6-3-7-17-2)12(16)10-8-9(13)4-5-11(10)15/h4-5,8,15H,3,6-7H2,1-2H3. The van der Waals surface area contributed by atoms with Gasteiger partial charge in [0, 0.05) is 18.1 Å². The van der Waals surface area contributed by atoms with Gasteiger partial charge in [0.25, 0.3) is 5.91 Å². The predicted octanol–water partition coefficient (Wildman–Crippen LogP) is 2.98. The molecular formula is C12H16BrNO2S. The van der Waals surface area contributed by atoms with Gasteiger partial charge in [0.15, 0.2) is 0 Å². The molecule has 0 spiro atoms. The zero-order valence-electron chi connectivity index (χ0n) is 9.94. The average Bonchev–Trinajstić information content (AvgIpc) is 2.31. The first-order valence-electron chi connectivity index (χ1n) is 5.29. The Hall–Kier alpha value is -0.680. The van der Waals surface area contributed by atoms with E-state index in [1.807, 2.05) is 6.26 Å². The molecule has 0 aromatic heterocycles. The van der Waals surface area contributed by atoms with Crippen LogP contribution in [0, 0.1) is 0 Å². The summed E-state index contributed by atoms with van der Waals surface area (Å²) in [5.74, 6) is 0.905. The molecule has 5 heteroatoms. The van der Waals surface area contributed by atoms with Crippen molar-refractivity contribution in [3.05, 3.63) is 28.2 Å². The number of hydrogen-bond acceptors (Lipinski definition) is 3. The van der Waals surface area contributed by atoms with Crippen molar-refractivity contribution < 1.29 is 9.90 Å². The molecule has 1 aromatic rings.